The Bertz CT molecular complexity index is 1260. The smallest absolute Gasteiger partial charge is 0.275 e. The van der Waals surface area contributed by atoms with E-state index in [2.05, 4.69) is 34.5 Å². The molecule has 3 aromatic carbocycles. The number of hydrogen-bond acceptors (Lipinski definition) is 3. The molecular weight excluding hydrogens is 350 g/mol. The maximum Gasteiger partial charge on any atom is 0.275 e. The van der Waals surface area contributed by atoms with Crippen molar-refractivity contribution in [3.8, 4) is 0 Å². The molecule has 1 aliphatic rings. The normalized spacial score (nSPS) is 16.7. The lowest BCUT2D eigenvalue weighted by Gasteiger charge is -2.26. The molecule has 1 atom stereocenters. The van der Waals surface area contributed by atoms with Crippen molar-refractivity contribution >= 4 is 27.5 Å². The van der Waals surface area contributed by atoms with E-state index in [4.69, 9.17) is 0 Å². The first-order valence-corrected chi connectivity index (χ1v) is 9.50. The first-order chi connectivity index (χ1) is 13.7. The molecule has 1 saturated heterocycles. The van der Waals surface area contributed by atoms with E-state index in [1.54, 1.807) is 18.2 Å². The molecule has 138 valence electrons. The second-order valence-corrected chi connectivity index (χ2v) is 7.17. The van der Waals surface area contributed by atoms with Crippen molar-refractivity contribution in [2.45, 2.75) is 18.9 Å². The molecule has 0 aliphatic carbocycles. The number of likely N-dealkylation sites (tertiary alicyclic amines) is 1. The Morgan fingerprint density at radius 2 is 1.64 bits per heavy atom. The number of aromatic amines is 1. The van der Waals surface area contributed by atoms with Gasteiger partial charge in [0.05, 0.1) is 11.4 Å². The summed E-state index contributed by atoms with van der Waals surface area (Å²) in [6.07, 6.45) is 1.86. The van der Waals surface area contributed by atoms with Crippen LogP contribution in [0.15, 0.2) is 71.5 Å². The minimum atomic E-state index is -0.279. The third-order valence-corrected chi connectivity index (χ3v) is 5.59. The van der Waals surface area contributed by atoms with Crippen LogP contribution in [0.5, 0.6) is 0 Å². The largest absolute Gasteiger partial charge is 0.330 e. The molecule has 0 saturated carbocycles. The average Bonchev–Trinajstić information content (AvgIpc) is 3.23. The number of carbonyl (C=O) groups excluding carboxylic acids is 1. The van der Waals surface area contributed by atoms with Crippen molar-refractivity contribution < 1.29 is 4.79 Å². The average molecular weight is 369 g/mol. The Labute approximate surface area is 161 Å². The highest BCUT2D eigenvalue weighted by Gasteiger charge is 2.33. The van der Waals surface area contributed by atoms with Gasteiger partial charge in [-0.25, -0.2) is 5.10 Å². The molecule has 0 bridgehead atoms. The molecule has 1 N–H and O–H groups in total. The van der Waals surface area contributed by atoms with Crippen molar-refractivity contribution in [1.82, 2.24) is 15.1 Å². The van der Waals surface area contributed by atoms with E-state index in [9.17, 15) is 9.59 Å². The number of hydrogen-bond donors (Lipinski definition) is 1. The molecule has 5 heteroatoms. The van der Waals surface area contributed by atoms with Gasteiger partial charge in [-0.05, 0) is 35.2 Å². The molecule has 28 heavy (non-hydrogen) atoms. The summed E-state index contributed by atoms with van der Waals surface area (Å²) in [6.45, 7) is 0.682. The molecular formula is C23H19N3O2. The van der Waals surface area contributed by atoms with Crippen LogP contribution in [-0.4, -0.2) is 27.5 Å². The standard InChI is InChI=1S/C23H19N3O2/c27-22-19-11-4-3-10-18(19)21(24-25-22)23(28)26-14-6-13-20(26)17-12-5-8-15-7-1-2-9-16(15)17/h1-5,7-12,20H,6,13-14H2,(H,25,27). The summed E-state index contributed by atoms with van der Waals surface area (Å²) in [5.41, 5.74) is 1.19. The lowest BCUT2D eigenvalue weighted by Crippen LogP contribution is -2.32. The minimum Gasteiger partial charge on any atom is -0.330 e. The predicted octanol–water partition coefficient (Wildman–Crippen LogP) is 4.05. The SMILES string of the molecule is O=C(c1n[nH]c(=O)c2ccccc12)N1CCCC1c1cccc2ccccc12. The summed E-state index contributed by atoms with van der Waals surface area (Å²) < 4.78 is 0. The van der Waals surface area contributed by atoms with Crippen LogP contribution in [-0.2, 0) is 0 Å². The number of H-pyrrole nitrogens is 1. The zero-order valence-corrected chi connectivity index (χ0v) is 15.3. The molecule has 1 aromatic heterocycles. The van der Waals surface area contributed by atoms with Gasteiger partial charge in [-0.2, -0.15) is 5.10 Å². The van der Waals surface area contributed by atoms with Crippen molar-refractivity contribution in [2.75, 3.05) is 6.54 Å². The Morgan fingerprint density at radius 3 is 2.50 bits per heavy atom. The Balaban J connectivity index is 1.61. The van der Waals surface area contributed by atoms with Gasteiger partial charge in [-0.15, -0.1) is 0 Å². The van der Waals surface area contributed by atoms with E-state index in [0.717, 1.165) is 18.4 Å². The predicted molar refractivity (Wildman–Crippen MR) is 109 cm³/mol. The quantitative estimate of drug-likeness (QED) is 0.580. The van der Waals surface area contributed by atoms with Crippen LogP contribution in [0.3, 0.4) is 0 Å². The molecule has 5 rings (SSSR count). The molecule has 0 radical (unpaired) electrons. The van der Waals surface area contributed by atoms with Gasteiger partial charge < -0.3 is 4.90 Å². The van der Waals surface area contributed by atoms with E-state index < -0.39 is 0 Å². The van der Waals surface area contributed by atoms with Crippen LogP contribution in [0.4, 0.5) is 0 Å². The van der Waals surface area contributed by atoms with Gasteiger partial charge in [0.2, 0.25) is 0 Å². The Morgan fingerprint density at radius 1 is 0.929 bits per heavy atom. The highest BCUT2D eigenvalue weighted by molar-refractivity contribution is 6.05. The fraction of sp³-hybridized carbons (Fsp3) is 0.174. The lowest BCUT2D eigenvalue weighted by molar-refractivity contribution is 0.0731. The fourth-order valence-electron chi connectivity index (χ4n) is 4.29. The summed E-state index contributed by atoms with van der Waals surface area (Å²) in [7, 11) is 0. The van der Waals surface area contributed by atoms with Crippen LogP contribution >= 0.6 is 0 Å². The van der Waals surface area contributed by atoms with Crippen LogP contribution < -0.4 is 5.56 Å². The van der Waals surface area contributed by atoms with E-state index in [0.29, 0.717) is 23.0 Å². The first kappa shape index (κ1) is 16.7. The third-order valence-electron chi connectivity index (χ3n) is 5.59. The van der Waals surface area contributed by atoms with Gasteiger partial charge in [-0.3, -0.25) is 9.59 Å². The fourth-order valence-corrected chi connectivity index (χ4v) is 4.29. The molecule has 1 fully saturated rings. The molecule has 5 nitrogen and oxygen atoms in total. The molecule has 1 amide bonds. The number of nitrogens with zero attached hydrogens (tertiary/aromatic N) is 2. The minimum absolute atomic E-state index is 0.00564. The molecule has 1 aliphatic heterocycles. The van der Waals surface area contributed by atoms with E-state index >= 15 is 0 Å². The molecule has 0 spiro atoms. The van der Waals surface area contributed by atoms with Crippen molar-refractivity contribution in [3.63, 3.8) is 0 Å². The van der Waals surface area contributed by atoms with Crippen LogP contribution in [0, 0.1) is 0 Å². The van der Waals surface area contributed by atoms with E-state index in [1.165, 1.54) is 10.8 Å². The Kier molecular flexibility index (Phi) is 3.93. The van der Waals surface area contributed by atoms with Gasteiger partial charge in [0.25, 0.3) is 11.5 Å². The zero-order chi connectivity index (χ0) is 19.1. The second-order valence-electron chi connectivity index (χ2n) is 7.17. The van der Waals surface area contributed by atoms with E-state index in [1.807, 2.05) is 29.2 Å². The van der Waals surface area contributed by atoms with Gasteiger partial charge >= 0.3 is 0 Å². The van der Waals surface area contributed by atoms with Gasteiger partial charge in [0, 0.05) is 11.9 Å². The number of nitrogens with one attached hydrogen (secondary N) is 1. The third kappa shape index (κ3) is 2.59. The lowest BCUT2D eigenvalue weighted by atomic mass is 9.97. The Hall–Kier alpha value is -3.47. The highest BCUT2D eigenvalue weighted by atomic mass is 16.2. The molecule has 4 aromatic rings. The van der Waals surface area contributed by atoms with Crippen molar-refractivity contribution in [3.05, 3.63) is 88.3 Å². The number of amides is 1. The molecule has 1 unspecified atom stereocenters. The first-order valence-electron chi connectivity index (χ1n) is 9.50. The highest BCUT2D eigenvalue weighted by Crippen LogP contribution is 2.37. The number of rotatable bonds is 2. The van der Waals surface area contributed by atoms with Gasteiger partial charge in [-0.1, -0.05) is 60.7 Å². The van der Waals surface area contributed by atoms with Crippen molar-refractivity contribution in [2.24, 2.45) is 0 Å². The second kappa shape index (κ2) is 6.60. The summed E-state index contributed by atoms with van der Waals surface area (Å²) in [4.78, 5) is 27.4. The van der Waals surface area contributed by atoms with Gasteiger partial charge in [0.1, 0.15) is 0 Å². The van der Waals surface area contributed by atoms with Crippen LogP contribution in [0.25, 0.3) is 21.5 Å². The van der Waals surface area contributed by atoms with Crippen LogP contribution in [0.1, 0.15) is 34.9 Å². The molecule has 2 heterocycles. The number of aromatic nitrogens is 2. The maximum absolute atomic E-state index is 13.4. The number of fused-ring (bicyclic) bond motifs is 2. The van der Waals surface area contributed by atoms with Gasteiger partial charge in [0.15, 0.2) is 5.69 Å². The topological polar surface area (TPSA) is 66.1 Å². The summed E-state index contributed by atoms with van der Waals surface area (Å²) >= 11 is 0. The zero-order valence-electron chi connectivity index (χ0n) is 15.3. The van der Waals surface area contributed by atoms with Crippen LogP contribution in [0.2, 0.25) is 0 Å². The summed E-state index contributed by atoms with van der Waals surface area (Å²) in [5, 5.41) is 10.0. The number of carbonyl (C=O) groups is 1. The number of benzene rings is 3. The summed E-state index contributed by atoms with van der Waals surface area (Å²) in [5.74, 6) is -0.136. The maximum atomic E-state index is 13.4. The van der Waals surface area contributed by atoms with E-state index in [-0.39, 0.29) is 17.5 Å². The summed E-state index contributed by atoms with van der Waals surface area (Å²) in [6, 6.07) is 21.6. The van der Waals surface area contributed by atoms with Crippen molar-refractivity contribution in [1.29, 1.82) is 0 Å². The monoisotopic (exact) mass is 369 g/mol.